The highest BCUT2D eigenvalue weighted by Crippen LogP contribution is 2.28. The smallest absolute Gasteiger partial charge is 0.429 e. The molecular formula is C14H20N4O6. The predicted octanol–water partition coefficient (Wildman–Crippen LogP) is 2.11. The summed E-state index contributed by atoms with van der Waals surface area (Å²) in [5, 5.41) is 11.9. The molecule has 0 saturated heterocycles. The SMILES string of the molecule is CCOC(=O)NN(Cc1c(C)ccc([N+](=O)[O-])c1N)C(=O)OCC. The summed E-state index contributed by atoms with van der Waals surface area (Å²) in [5.74, 6) is 0. The van der Waals surface area contributed by atoms with E-state index in [0.29, 0.717) is 11.1 Å². The molecule has 0 fully saturated rings. The lowest BCUT2D eigenvalue weighted by atomic mass is 10.1. The Morgan fingerprint density at radius 1 is 1.29 bits per heavy atom. The van der Waals surface area contributed by atoms with Crippen molar-refractivity contribution in [3.8, 4) is 0 Å². The number of nitro benzene ring substituents is 1. The number of nitrogen functional groups attached to an aromatic ring is 1. The molecule has 10 heteroatoms. The number of nitrogens with one attached hydrogen (secondary N) is 1. The summed E-state index contributed by atoms with van der Waals surface area (Å²) in [4.78, 5) is 33.9. The van der Waals surface area contributed by atoms with E-state index in [0.717, 1.165) is 5.01 Å². The maximum absolute atomic E-state index is 12.0. The van der Waals surface area contributed by atoms with Crippen LogP contribution in [0.5, 0.6) is 0 Å². The van der Waals surface area contributed by atoms with E-state index in [-0.39, 0.29) is 31.1 Å². The number of hydrazine groups is 1. The number of carbonyl (C=O) groups is 2. The van der Waals surface area contributed by atoms with Gasteiger partial charge >= 0.3 is 12.2 Å². The minimum absolute atomic E-state index is 0.0834. The summed E-state index contributed by atoms with van der Waals surface area (Å²) in [5.41, 5.74) is 8.64. The van der Waals surface area contributed by atoms with Gasteiger partial charge in [0.15, 0.2) is 0 Å². The molecule has 1 rings (SSSR count). The topological polar surface area (TPSA) is 137 Å². The Morgan fingerprint density at radius 2 is 1.92 bits per heavy atom. The minimum atomic E-state index is -0.854. The fourth-order valence-electron chi connectivity index (χ4n) is 1.91. The molecule has 0 unspecified atom stereocenters. The highest BCUT2D eigenvalue weighted by atomic mass is 16.6. The molecule has 0 aliphatic heterocycles. The number of nitrogens with zero attached hydrogens (tertiary/aromatic N) is 2. The normalized spacial score (nSPS) is 9.96. The Bertz CT molecular complexity index is 634. The molecule has 10 nitrogen and oxygen atoms in total. The summed E-state index contributed by atoms with van der Waals surface area (Å²) in [6.07, 6.45) is -1.69. The third-order valence-electron chi connectivity index (χ3n) is 3.07. The number of nitro groups is 1. The van der Waals surface area contributed by atoms with E-state index in [1.807, 2.05) is 0 Å². The second-order valence-corrected chi connectivity index (χ2v) is 4.67. The third kappa shape index (κ3) is 4.73. The fraction of sp³-hybridized carbons (Fsp3) is 0.429. The van der Waals surface area contributed by atoms with Gasteiger partial charge in [0, 0.05) is 11.6 Å². The van der Waals surface area contributed by atoms with Crippen LogP contribution in [0.25, 0.3) is 0 Å². The van der Waals surface area contributed by atoms with Gasteiger partial charge in [0.25, 0.3) is 5.69 Å². The van der Waals surface area contributed by atoms with Crippen LogP contribution in [0.15, 0.2) is 12.1 Å². The van der Waals surface area contributed by atoms with Gasteiger partial charge < -0.3 is 15.2 Å². The summed E-state index contributed by atoms with van der Waals surface area (Å²) in [6.45, 7) is 4.88. The second kappa shape index (κ2) is 8.56. The number of anilines is 1. The van der Waals surface area contributed by atoms with Crippen LogP contribution in [0.4, 0.5) is 21.0 Å². The number of ether oxygens (including phenoxy) is 2. The first-order valence-corrected chi connectivity index (χ1v) is 7.21. The van der Waals surface area contributed by atoms with Crippen molar-refractivity contribution in [3.63, 3.8) is 0 Å². The van der Waals surface area contributed by atoms with Gasteiger partial charge in [0.05, 0.1) is 24.7 Å². The zero-order chi connectivity index (χ0) is 18.3. The van der Waals surface area contributed by atoms with E-state index >= 15 is 0 Å². The lowest BCUT2D eigenvalue weighted by molar-refractivity contribution is -0.384. The van der Waals surface area contributed by atoms with Crippen LogP contribution in [0.3, 0.4) is 0 Å². The average molecular weight is 340 g/mol. The van der Waals surface area contributed by atoms with Crippen LogP contribution in [0.2, 0.25) is 0 Å². The molecule has 1 aromatic rings. The first-order chi connectivity index (χ1) is 11.3. The Balaban J connectivity index is 3.13. The van der Waals surface area contributed by atoms with Gasteiger partial charge in [-0.25, -0.2) is 20.0 Å². The molecule has 0 aliphatic rings. The Labute approximate surface area is 138 Å². The summed E-state index contributed by atoms with van der Waals surface area (Å²) < 4.78 is 9.58. The molecule has 3 N–H and O–H groups in total. The first kappa shape index (κ1) is 19.0. The molecule has 0 saturated carbocycles. The van der Waals surface area contributed by atoms with E-state index in [1.54, 1.807) is 20.8 Å². The van der Waals surface area contributed by atoms with Crippen molar-refractivity contribution >= 4 is 23.6 Å². The number of hydrogen-bond donors (Lipinski definition) is 2. The number of amides is 2. The molecule has 0 radical (unpaired) electrons. The van der Waals surface area contributed by atoms with Crippen LogP contribution < -0.4 is 11.2 Å². The van der Waals surface area contributed by atoms with Crippen LogP contribution in [-0.4, -0.2) is 35.3 Å². The quantitative estimate of drug-likeness (QED) is 0.475. The van der Waals surface area contributed by atoms with Gasteiger partial charge in [-0.15, -0.1) is 0 Å². The maximum atomic E-state index is 12.0. The van der Waals surface area contributed by atoms with E-state index in [2.05, 4.69) is 5.43 Å². The Morgan fingerprint density at radius 3 is 2.46 bits per heavy atom. The zero-order valence-electron chi connectivity index (χ0n) is 13.7. The molecule has 0 aliphatic carbocycles. The maximum Gasteiger partial charge on any atom is 0.429 e. The molecule has 0 bridgehead atoms. The number of nitrogens with two attached hydrogens (primary N) is 1. The van der Waals surface area contributed by atoms with Gasteiger partial charge in [-0.2, -0.15) is 0 Å². The largest absolute Gasteiger partial charge is 0.449 e. The highest BCUT2D eigenvalue weighted by Gasteiger charge is 2.23. The van der Waals surface area contributed by atoms with Gasteiger partial charge in [-0.3, -0.25) is 10.1 Å². The molecule has 0 spiro atoms. The van der Waals surface area contributed by atoms with Gasteiger partial charge in [0.2, 0.25) is 0 Å². The summed E-state index contributed by atoms with van der Waals surface area (Å²) in [7, 11) is 0. The Kier molecular flexibility index (Phi) is 6.78. The molecule has 0 heterocycles. The number of carbonyl (C=O) groups excluding carboxylic acids is 2. The predicted molar refractivity (Wildman–Crippen MR) is 85.0 cm³/mol. The molecule has 0 aromatic heterocycles. The molecular weight excluding hydrogens is 320 g/mol. The molecule has 0 atom stereocenters. The highest BCUT2D eigenvalue weighted by molar-refractivity contribution is 5.74. The van der Waals surface area contributed by atoms with Crippen molar-refractivity contribution in [3.05, 3.63) is 33.4 Å². The summed E-state index contributed by atoms with van der Waals surface area (Å²) in [6, 6.07) is 2.79. The van der Waals surface area contributed by atoms with Crippen molar-refractivity contribution in [2.24, 2.45) is 0 Å². The van der Waals surface area contributed by atoms with Crippen LogP contribution in [-0.2, 0) is 16.0 Å². The van der Waals surface area contributed by atoms with Crippen molar-refractivity contribution in [1.82, 2.24) is 10.4 Å². The van der Waals surface area contributed by atoms with Crippen molar-refractivity contribution in [2.75, 3.05) is 18.9 Å². The number of hydrogen-bond acceptors (Lipinski definition) is 7. The molecule has 24 heavy (non-hydrogen) atoms. The van der Waals surface area contributed by atoms with E-state index < -0.39 is 17.1 Å². The fourth-order valence-corrected chi connectivity index (χ4v) is 1.91. The monoisotopic (exact) mass is 340 g/mol. The number of aryl methyl sites for hydroxylation is 1. The Hall–Kier alpha value is -3.04. The second-order valence-electron chi connectivity index (χ2n) is 4.67. The number of rotatable bonds is 5. The number of benzene rings is 1. The van der Waals surface area contributed by atoms with Crippen LogP contribution in [0.1, 0.15) is 25.0 Å². The third-order valence-corrected chi connectivity index (χ3v) is 3.07. The lowest BCUT2D eigenvalue weighted by Gasteiger charge is -2.23. The van der Waals surface area contributed by atoms with E-state index in [1.165, 1.54) is 12.1 Å². The van der Waals surface area contributed by atoms with Crippen molar-refractivity contribution in [1.29, 1.82) is 0 Å². The molecule has 1 aromatic carbocycles. The van der Waals surface area contributed by atoms with Gasteiger partial charge in [-0.05, 0) is 26.3 Å². The van der Waals surface area contributed by atoms with Crippen LogP contribution >= 0.6 is 0 Å². The van der Waals surface area contributed by atoms with Gasteiger partial charge in [0.1, 0.15) is 5.69 Å². The lowest BCUT2D eigenvalue weighted by Crippen LogP contribution is -2.46. The van der Waals surface area contributed by atoms with Crippen molar-refractivity contribution < 1.29 is 24.0 Å². The van der Waals surface area contributed by atoms with Gasteiger partial charge in [-0.1, -0.05) is 6.07 Å². The standard InChI is InChI=1S/C14H20N4O6/c1-4-23-13(19)16-17(14(20)24-5-2)8-10-9(3)6-7-11(12(10)15)18(21)22/h6-7H,4-5,8,15H2,1-3H3,(H,16,19). The van der Waals surface area contributed by atoms with Crippen LogP contribution in [0, 0.1) is 17.0 Å². The van der Waals surface area contributed by atoms with E-state index in [9.17, 15) is 19.7 Å². The minimum Gasteiger partial charge on any atom is -0.449 e. The molecule has 2 amide bonds. The zero-order valence-corrected chi connectivity index (χ0v) is 13.7. The van der Waals surface area contributed by atoms with E-state index in [4.69, 9.17) is 15.2 Å². The van der Waals surface area contributed by atoms with Crippen molar-refractivity contribution in [2.45, 2.75) is 27.3 Å². The first-order valence-electron chi connectivity index (χ1n) is 7.21. The summed E-state index contributed by atoms with van der Waals surface area (Å²) >= 11 is 0. The molecule has 132 valence electrons. The average Bonchev–Trinajstić information content (AvgIpc) is 2.50.